The first-order valence-corrected chi connectivity index (χ1v) is 6.89. The Balaban J connectivity index is 1.98. The average molecular weight is 253 g/mol. The highest BCUT2D eigenvalue weighted by Gasteiger charge is 2.54. The average Bonchev–Trinajstić information content (AvgIpc) is 3.16. The molecule has 0 saturated heterocycles. The monoisotopic (exact) mass is 253 g/mol. The third kappa shape index (κ3) is 2.44. The molecule has 0 aromatic heterocycles. The van der Waals surface area contributed by atoms with Gasteiger partial charge in [-0.3, -0.25) is 4.79 Å². The van der Waals surface area contributed by atoms with Crippen LogP contribution in [0.5, 0.6) is 0 Å². The van der Waals surface area contributed by atoms with E-state index in [4.69, 9.17) is 10.9 Å². The largest absolute Gasteiger partial charge is 0.409 e. The van der Waals surface area contributed by atoms with E-state index in [9.17, 15) is 4.79 Å². The van der Waals surface area contributed by atoms with Crippen molar-refractivity contribution in [3.05, 3.63) is 0 Å². The van der Waals surface area contributed by atoms with Crippen LogP contribution >= 0.6 is 0 Å². The van der Waals surface area contributed by atoms with Gasteiger partial charge in [0.1, 0.15) is 5.41 Å². The summed E-state index contributed by atoms with van der Waals surface area (Å²) < 4.78 is 0. The fourth-order valence-corrected chi connectivity index (χ4v) is 2.83. The fraction of sp³-hybridized carbons (Fsp3) is 0.846. The van der Waals surface area contributed by atoms with Crippen molar-refractivity contribution in [3.63, 3.8) is 0 Å². The molecular weight excluding hydrogens is 230 g/mol. The molecule has 1 amide bonds. The minimum absolute atomic E-state index is 0.0567. The number of carbonyl (C=O) groups excluding carboxylic acids is 1. The van der Waals surface area contributed by atoms with Gasteiger partial charge in [-0.05, 0) is 31.6 Å². The number of hydrogen-bond donors (Lipinski definition) is 3. The van der Waals surface area contributed by atoms with Crippen LogP contribution in [0.15, 0.2) is 5.16 Å². The number of nitrogens with one attached hydrogen (secondary N) is 1. The molecule has 5 heteroatoms. The van der Waals surface area contributed by atoms with E-state index in [1.807, 2.05) is 0 Å². The van der Waals surface area contributed by atoms with E-state index >= 15 is 0 Å². The highest BCUT2D eigenvalue weighted by atomic mass is 16.4. The van der Waals surface area contributed by atoms with Crippen LogP contribution in [0.1, 0.15) is 51.9 Å². The Kier molecular flexibility index (Phi) is 3.78. The summed E-state index contributed by atoms with van der Waals surface area (Å²) in [5.74, 6) is 0.511. The van der Waals surface area contributed by atoms with Crippen molar-refractivity contribution in [2.45, 2.75) is 57.9 Å². The standard InChI is InChI=1S/C13H23N3O2/c1-9-5-3-2-4-6-10(9)15-12(17)13(7-8-13)11(14)16-18/h9-10,18H,2-8H2,1H3,(H2,14,16)(H,15,17). The van der Waals surface area contributed by atoms with Gasteiger partial charge in [0.15, 0.2) is 5.84 Å². The number of amides is 1. The summed E-state index contributed by atoms with van der Waals surface area (Å²) in [6, 6.07) is 0.240. The Morgan fingerprint density at radius 2 is 2.00 bits per heavy atom. The molecule has 5 nitrogen and oxygen atoms in total. The number of nitrogens with two attached hydrogens (primary N) is 1. The summed E-state index contributed by atoms with van der Waals surface area (Å²) in [5.41, 5.74) is 4.90. The van der Waals surface area contributed by atoms with Crippen LogP contribution in [0.25, 0.3) is 0 Å². The smallest absolute Gasteiger partial charge is 0.234 e. The summed E-state index contributed by atoms with van der Waals surface area (Å²) in [6.07, 6.45) is 7.26. The summed E-state index contributed by atoms with van der Waals surface area (Å²) in [7, 11) is 0. The molecule has 2 fully saturated rings. The third-order valence-electron chi connectivity index (χ3n) is 4.46. The summed E-state index contributed by atoms with van der Waals surface area (Å²) in [5, 5.41) is 14.9. The van der Waals surface area contributed by atoms with E-state index < -0.39 is 5.41 Å². The maximum Gasteiger partial charge on any atom is 0.234 e. The van der Waals surface area contributed by atoms with Crippen LogP contribution in [0.4, 0.5) is 0 Å². The van der Waals surface area contributed by atoms with Gasteiger partial charge in [0.05, 0.1) is 0 Å². The van der Waals surface area contributed by atoms with Crippen molar-refractivity contribution < 1.29 is 10.0 Å². The van der Waals surface area contributed by atoms with Crippen molar-refractivity contribution in [1.29, 1.82) is 0 Å². The molecule has 0 aromatic rings. The maximum absolute atomic E-state index is 12.3. The van der Waals surface area contributed by atoms with Gasteiger partial charge in [0.2, 0.25) is 5.91 Å². The van der Waals surface area contributed by atoms with E-state index in [0.29, 0.717) is 18.8 Å². The molecule has 102 valence electrons. The molecule has 0 bridgehead atoms. The molecule has 0 radical (unpaired) electrons. The number of rotatable bonds is 3. The van der Waals surface area contributed by atoms with Gasteiger partial charge in [-0.15, -0.1) is 0 Å². The lowest BCUT2D eigenvalue weighted by molar-refractivity contribution is -0.125. The molecule has 18 heavy (non-hydrogen) atoms. The van der Waals surface area contributed by atoms with Crippen molar-refractivity contribution in [2.24, 2.45) is 22.2 Å². The normalized spacial score (nSPS) is 31.5. The Morgan fingerprint density at radius 3 is 2.61 bits per heavy atom. The van der Waals surface area contributed by atoms with Gasteiger partial charge in [-0.1, -0.05) is 31.3 Å². The molecule has 2 aliphatic carbocycles. The molecular formula is C13H23N3O2. The molecule has 0 spiro atoms. The van der Waals surface area contributed by atoms with E-state index in [2.05, 4.69) is 17.4 Å². The number of nitrogens with zero attached hydrogens (tertiary/aromatic N) is 1. The first kappa shape index (κ1) is 13.2. The number of oxime groups is 1. The van der Waals surface area contributed by atoms with Crippen LogP contribution in [-0.2, 0) is 4.79 Å². The van der Waals surface area contributed by atoms with Crippen LogP contribution in [0, 0.1) is 11.3 Å². The second-order valence-electron chi connectivity index (χ2n) is 5.76. The zero-order chi connectivity index (χ0) is 13.2. The fourth-order valence-electron chi connectivity index (χ4n) is 2.83. The summed E-state index contributed by atoms with van der Waals surface area (Å²) in [4.78, 5) is 12.3. The molecule has 0 heterocycles. The molecule has 2 rings (SSSR count). The second-order valence-corrected chi connectivity index (χ2v) is 5.76. The van der Waals surface area contributed by atoms with Crippen LogP contribution in [-0.4, -0.2) is 23.0 Å². The molecule has 2 atom stereocenters. The van der Waals surface area contributed by atoms with Crippen molar-refractivity contribution in [2.75, 3.05) is 0 Å². The molecule has 2 aliphatic rings. The molecule has 0 aromatic carbocycles. The first-order valence-electron chi connectivity index (χ1n) is 6.89. The van der Waals surface area contributed by atoms with Crippen molar-refractivity contribution in [3.8, 4) is 0 Å². The Morgan fingerprint density at radius 1 is 1.33 bits per heavy atom. The minimum Gasteiger partial charge on any atom is -0.409 e. The van der Waals surface area contributed by atoms with Crippen LogP contribution in [0.3, 0.4) is 0 Å². The van der Waals surface area contributed by atoms with Gasteiger partial charge < -0.3 is 16.3 Å². The summed E-state index contributed by atoms with van der Waals surface area (Å²) >= 11 is 0. The van der Waals surface area contributed by atoms with E-state index in [-0.39, 0.29) is 17.8 Å². The van der Waals surface area contributed by atoms with E-state index in [1.165, 1.54) is 25.7 Å². The van der Waals surface area contributed by atoms with E-state index in [1.54, 1.807) is 0 Å². The topological polar surface area (TPSA) is 87.7 Å². The highest BCUT2D eigenvalue weighted by molar-refractivity contribution is 6.09. The van der Waals surface area contributed by atoms with Gasteiger partial charge >= 0.3 is 0 Å². The van der Waals surface area contributed by atoms with Gasteiger partial charge in [-0.25, -0.2) is 0 Å². The molecule has 2 saturated carbocycles. The van der Waals surface area contributed by atoms with Crippen LogP contribution < -0.4 is 11.1 Å². The Hall–Kier alpha value is -1.26. The van der Waals surface area contributed by atoms with Crippen LogP contribution in [0.2, 0.25) is 0 Å². The van der Waals surface area contributed by atoms with Crippen molar-refractivity contribution >= 4 is 11.7 Å². The van der Waals surface area contributed by atoms with Gasteiger partial charge in [0.25, 0.3) is 0 Å². The maximum atomic E-state index is 12.3. The number of carbonyl (C=O) groups is 1. The third-order valence-corrected chi connectivity index (χ3v) is 4.46. The number of hydrogen-bond acceptors (Lipinski definition) is 3. The predicted molar refractivity (Wildman–Crippen MR) is 69.3 cm³/mol. The Bertz CT molecular complexity index is 350. The lowest BCUT2D eigenvalue weighted by atomic mass is 9.95. The molecule has 0 aliphatic heterocycles. The van der Waals surface area contributed by atoms with Crippen molar-refractivity contribution in [1.82, 2.24) is 5.32 Å². The van der Waals surface area contributed by atoms with Gasteiger partial charge in [0, 0.05) is 6.04 Å². The highest BCUT2D eigenvalue weighted by Crippen LogP contribution is 2.46. The molecule has 4 N–H and O–H groups in total. The zero-order valence-electron chi connectivity index (χ0n) is 11.0. The lowest BCUT2D eigenvalue weighted by Crippen LogP contribution is -2.47. The van der Waals surface area contributed by atoms with Gasteiger partial charge in [-0.2, -0.15) is 0 Å². The lowest BCUT2D eigenvalue weighted by Gasteiger charge is -2.25. The first-order chi connectivity index (χ1) is 8.60. The molecule has 2 unspecified atom stereocenters. The Labute approximate surface area is 108 Å². The zero-order valence-corrected chi connectivity index (χ0v) is 11.0. The summed E-state index contributed by atoms with van der Waals surface area (Å²) in [6.45, 7) is 2.19. The quantitative estimate of drug-likeness (QED) is 0.235. The second kappa shape index (κ2) is 5.16. The minimum atomic E-state index is -0.721. The van der Waals surface area contributed by atoms with E-state index in [0.717, 1.165) is 6.42 Å². The SMILES string of the molecule is CC1CCCCCC1NC(=O)C1(C(N)=NO)CC1. The predicted octanol–water partition coefficient (Wildman–Crippen LogP) is 1.60. The number of amidine groups is 1.